The summed E-state index contributed by atoms with van der Waals surface area (Å²) in [6.45, 7) is 6.27. The first-order valence-corrected chi connectivity index (χ1v) is 13.2. The second kappa shape index (κ2) is 10.2. The van der Waals surface area contributed by atoms with E-state index in [-0.39, 0.29) is 30.0 Å². The summed E-state index contributed by atoms with van der Waals surface area (Å²) >= 11 is 1.51. The number of nitrogens with one attached hydrogen (secondary N) is 2. The highest BCUT2D eigenvalue weighted by Gasteiger charge is 2.29. The van der Waals surface area contributed by atoms with Crippen LogP contribution in [0.1, 0.15) is 66.0 Å². The van der Waals surface area contributed by atoms with Gasteiger partial charge in [-0.25, -0.2) is 0 Å². The Kier molecular flexibility index (Phi) is 7.31. The molecule has 6 nitrogen and oxygen atoms in total. The van der Waals surface area contributed by atoms with Gasteiger partial charge in [-0.05, 0) is 70.8 Å². The number of aromatic nitrogens is 2. The number of aromatic amines is 1. The number of benzene rings is 1. The molecule has 0 spiro atoms. The van der Waals surface area contributed by atoms with Crippen molar-refractivity contribution >= 4 is 34.9 Å². The smallest absolute Gasteiger partial charge is 0.254 e. The zero-order valence-corrected chi connectivity index (χ0v) is 21.1. The Bertz CT molecular complexity index is 1270. The van der Waals surface area contributed by atoms with Crippen LogP contribution in [-0.4, -0.2) is 28.0 Å². The van der Waals surface area contributed by atoms with Crippen LogP contribution in [0.5, 0.6) is 0 Å². The topological polar surface area (TPSA) is 84.0 Å². The summed E-state index contributed by atoms with van der Waals surface area (Å²) in [4.78, 5) is 40.9. The Balaban J connectivity index is 1.64. The molecule has 0 saturated heterocycles. The number of H-pyrrole nitrogens is 1. The molecule has 1 fully saturated rings. The number of carbonyl (C=O) groups is 2. The number of para-hydroxylation sites is 1. The fourth-order valence-corrected chi connectivity index (χ4v) is 6.18. The average Bonchev–Trinajstić information content (AvgIpc) is 3.14. The predicted octanol–water partition coefficient (Wildman–Crippen LogP) is 5.16. The Morgan fingerprint density at radius 1 is 1.24 bits per heavy atom. The van der Waals surface area contributed by atoms with Crippen molar-refractivity contribution in [2.75, 3.05) is 6.26 Å². The predicted molar refractivity (Wildman–Crippen MR) is 138 cm³/mol. The lowest BCUT2D eigenvalue weighted by molar-refractivity contribution is -0.112. The van der Waals surface area contributed by atoms with E-state index in [1.807, 2.05) is 44.4 Å². The third-order valence-corrected chi connectivity index (χ3v) is 8.16. The van der Waals surface area contributed by atoms with Crippen LogP contribution in [0.2, 0.25) is 0 Å². The SMILES string of the molecule is CSc1cc(C)[nH]c(=O)c1CNC(=O)c1c(C)n([C@H](C)[C@H]2CC[C@@H](C=O)CC2)c2ccccc12. The Morgan fingerprint density at radius 3 is 2.62 bits per heavy atom. The highest BCUT2D eigenvalue weighted by Crippen LogP contribution is 2.39. The number of aryl methyl sites for hydroxylation is 1. The van der Waals surface area contributed by atoms with E-state index in [1.165, 1.54) is 11.8 Å². The maximum absolute atomic E-state index is 13.4. The minimum absolute atomic E-state index is 0.164. The van der Waals surface area contributed by atoms with Gasteiger partial charge in [-0.1, -0.05) is 18.2 Å². The third kappa shape index (κ3) is 4.58. The van der Waals surface area contributed by atoms with Crippen LogP contribution >= 0.6 is 11.8 Å². The molecule has 0 unspecified atom stereocenters. The number of nitrogens with zero attached hydrogens (tertiary/aromatic N) is 1. The maximum atomic E-state index is 13.4. The molecule has 34 heavy (non-hydrogen) atoms. The molecule has 2 aromatic heterocycles. The van der Waals surface area contributed by atoms with Crippen molar-refractivity contribution in [1.82, 2.24) is 14.9 Å². The van der Waals surface area contributed by atoms with Crippen LogP contribution in [0.3, 0.4) is 0 Å². The molecule has 3 aromatic rings. The zero-order chi connectivity index (χ0) is 24.4. The van der Waals surface area contributed by atoms with Gasteiger partial charge in [0.15, 0.2) is 0 Å². The summed E-state index contributed by atoms with van der Waals surface area (Å²) in [5.41, 5.74) is 3.87. The summed E-state index contributed by atoms with van der Waals surface area (Å²) in [6, 6.07) is 10.2. The van der Waals surface area contributed by atoms with E-state index >= 15 is 0 Å². The maximum Gasteiger partial charge on any atom is 0.254 e. The second-order valence-corrected chi connectivity index (χ2v) is 10.3. The highest BCUT2D eigenvalue weighted by atomic mass is 32.2. The molecule has 0 radical (unpaired) electrons. The number of rotatable bonds is 7. The third-order valence-electron chi connectivity index (χ3n) is 7.36. The average molecular weight is 480 g/mol. The number of thioether (sulfide) groups is 1. The van der Waals surface area contributed by atoms with Gasteiger partial charge in [0.05, 0.1) is 5.56 Å². The van der Waals surface area contributed by atoms with Gasteiger partial charge in [-0.15, -0.1) is 11.8 Å². The van der Waals surface area contributed by atoms with Gasteiger partial charge in [-0.3, -0.25) is 9.59 Å². The summed E-state index contributed by atoms with van der Waals surface area (Å²) in [5, 5.41) is 3.93. The lowest BCUT2D eigenvalue weighted by Gasteiger charge is -2.32. The van der Waals surface area contributed by atoms with Crippen molar-refractivity contribution in [2.45, 2.75) is 63.9 Å². The van der Waals surface area contributed by atoms with E-state index in [1.54, 1.807) is 0 Å². The van der Waals surface area contributed by atoms with Crippen molar-refractivity contribution in [2.24, 2.45) is 11.8 Å². The van der Waals surface area contributed by atoms with Crippen LogP contribution in [-0.2, 0) is 11.3 Å². The normalized spacial score (nSPS) is 19.2. The van der Waals surface area contributed by atoms with E-state index in [0.29, 0.717) is 17.0 Å². The monoisotopic (exact) mass is 479 g/mol. The van der Waals surface area contributed by atoms with Crippen molar-refractivity contribution in [1.29, 1.82) is 0 Å². The number of carbonyl (C=O) groups excluding carboxylic acids is 2. The number of fused-ring (bicyclic) bond motifs is 1. The first-order valence-electron chi connectivity index (χ1n) is 12.0. The molecule has 4 rings (SSSR count). The van der Waals surface area contributed by atoms with E-state index in [0.717, 1.165) is 59.2 Å². The quantitative estimate of drug-likeness (QED) is 0.362. The van der Waals surface area contributed by atoms with Gasteiger partial charge in [0.1, 0.15) is 6.29 Å². The summed E-state index contributed by atoms with van der Waals surface area (Å²) < 4.78 is 2.29. The van der Waals surface area contributed by atoms with E-state index in [9.17, 15) is 14.4 Å². The van der Waals surface area contributed by atoms with Crippen LogP contribution in [0.25, 0.3) is 10.9 Å². The number of hydrogen-bond acceptors (Lipinski definition) is 4. The van der Waals surface area contributed by atoms with Crippen LogP contribution < -0.4 is 10.9 Å². The number of amides is 1. The second-order valence-electron chi connectivity index (χ2n) is 9.41. The molecule has 1 aliphatic carbocycles. The van der Waals surface area contributed by atoms with Gasteiger partial charge in [0.25, 0.3) is 11.5 Å². The summed E-state index contributed by atoms with van der Waals surface area (Å²) in [6.07, 6.45) is 6.94. The minimum atomic E-state index is -0.170. The first kappa shape index (κ1) is 24.3. The summed E-state index contributed by atoms with van der Waals surface area (Å²) in [5.74, 6) is 0.483. The number of pyridine rings is 1. The molecule has 1 aliphatic rings. The van der Waals surface area contributed by atoms with Gasteiger partial charge in [-0.2, -0.15) is 0 Å². The van der Waals surface area contributed by atoms with Crippen molar-refractivity contribution < 1.29 is 9.59 Å². The zero-order valence-electron chi connectivity index (χ0n) is 20.3. The molecule has 1 atom stereocenters. The molecule has 180 valence electrons. The van der Waals surface area contributed by atoms with Crippen molar-refractivity contribution in [3.8, 4) is 0 Å². The van der Waals surface area contributed by atoms with Crippen molar-refractivity contribution in [3.63, 3.8) is 0 Å². The number of hydrogen-bond donors (Lipinski definition) is 2. The number of aldehydes is 1. The fraction of sp³-hybridized carbons (Fsp3) is 0.444. The molecular formula is C27H33N3O3S. The molecule has 1 saturated carbocycles. The van der Waals surface area contributed by atoms with Gasteiger partial charge < -0.3 is 19.7 Å². The van der Waals surface area contributed by atoms with Crippen molar-refractivity contribution in [3.05, 3.63) is 63.2 Å². The lowest BCUT2D eigenvalue weighted by atomic mass is 9.79. The molecule has 2 N–H and O–H groups in total. The molecule has 2 heterocycles. The first-order chi connectivity index (χ1) is 16.3. The van der Waals surface area contributed by atoms with Gasteiger partial charge in [0, 0.05) is 51.3 Å². The Labute approximate surface area is 204 Å². The fourth-order valence-electron chi connectivity index (χ4n) is 5.47. The van der Waals surface area contributed by atoms with Gasteiger partial charge >= 0.3 is 0 Å². The minimum Gasteiger partial charge on any atom is -0.348 e. The molecule has 1 amide bonds. The molecule has 0 aliphatic heterocycles. The lowest BCUT2D eigenvalue weighted by Crippen LogP contribution is -2.28. The Morgan fingerprint density at radius 2 is 1.94 bits per heavy atom. The summed E-state index contributed by atoms with van der Waals surface area (Å²) in [7, 11) is 0. The van der Waals surface area contributed by atoms with Crippen LogP contribution in [0.15, 0.2) is 40.0 Å². The highest BCUT2D eigenvalue weighted by molar-refractivity contribution is 7.98. The van der Waals surface area contributed by atoms with E-state index in [2.05, 4.69) is 27.9 Å². The van der Waals surface area contributed by atoms with Gasteiger partial charge in [0.2, 0.25) is 0 Å². The standard InChI is InChI=1S/C27H33N3O3S/c1-16-13-24(34-4)22(26(32)29-16)14-28-27(33)25-18(3)30(23-8-6-5-7-21(23)25)17(2)20-11-9-19(15-31)10-12-20/h5-8,13,15,17,19-20H,9-12,14H2,1-4H3,(H,28,33)(H,29,32)/t17-,19-,20+/m1/s1. The Hall–Kier alpha value is -2.80. The molecular weight excluding hydrogens is 446 g/mol. The van der Waals surface area contributed by atoms with Crippen LogP contribution in [0.4, 0.5) is 0 Å². The van der Waals surface area contributed by atoms with E-state index in [4.69, 9.17) is 0 Å². The largest absolute Gasteiger partial charge is 0.348 e. The molecule has 7 heteroatoms. The molecule has 0 bridgehead atoms. The van der Waals surface area contributed by atoms with E-state index < -0.39 is 0 Å². The molecule has 1 aromatic carbocycles. The van der Waals surface area contributed by atoms with Crippen LogP contribution in [0, 0.1) is 25.7 Å².